The molecule has 1 aliphatic heterocycles. The molecule has 10 heteroatoms. The number of nitrogens with two attached hydrogens (primary N) is 2. The molecule has 0 saturated carbocycles. The van der Waals surface area contributed by atoms with Crippen molar-refractivity contribution in [1.82, 2.24) is 14.9 Å². The van der Waals surface area contributed by atoms with E-state index in [1.165, 1.54) is 29.5 Å². The van der Waals surface area contributed by atoms with Gasteiger partial charge in [0, 0.05) is 53.3 Å². The Bertz CT molecular complexity index is 1520. The molecule has 2 aromatic carbocycles. The van der Waals surface area contributed by atoms with Crippen LogP contribution in [0.4, 0.5) is 17.6 Å². The minimum atomic E-state index is -1.00. The number of benzene rings is 2. The zero-order valence-corrected chi connectivity index (χ0v) is 25.7. The predicted molar refractivity (Wildman–Crippen MR) is 171 cm³/mol. The Hall–Kier alpha value is -3.89. The summed E-state index contributed by atoms with van der Waals surface area (Å²) in [6.45, 7) is 11.2. The van der Waals surface area contributed by atoms with Crippen LogP contribution in [-0.2, 0) is 12.0 Å². The van der Waals surface area contributed by atoms with Gasteiger partial charge in [-0.3, -0.25) is 9.37 Å². The number of aromatic nitrogens is 1. The minimum absolute atomic E-state index is 0.0307. The van der Waals surface area contributed by atoms with E-state index in [4.69, 9.17) is 11.6 Å². The second-order valence-corrected chi connectivity index (χ2v) is 12.8. The highest BCUT2D eigenvalue weighted by atomic mass is 32.2. The smallest absolute Gasteiger partial charge is 0.159 e. The number of rotatable bonds is 9. The van der Waals surface area contributed by atoms with Crippen molar-refractivity contribution in [3.63, 3.8) is 0 Å². The van der Waals surface area contributed by atoms with E-state index < -0.39 is 23.5 Å². The first-order valence-electron chi connectivity index (χ1n) is 13.5. The van der Waals surface area contributed by atoms with E-state index in [1.807, 2.05) is 6.07 Å². The number of hydrogen-bond acceptors (Lipinski definition) is 5. The van der Waals surface area contributed by atoms with Crippen molar-refractivity contribution in [2.75, 3.05) is 12.9 Å². The number of hydrogen-bond donors (Lipinski definition) is 2. The molecule has 230 valence electrons. The maximum Gasteiger partial charge on any atom is 0.159 e. The van der Waals surface area contributed by atoms with Crippen molar-refractivity contribution < 1.29 is 17.6 Å². The summed E-state index contributed by atoms with van der Waals surface area (Å²) in [4.78, 5) is 6.67. The van der Waals surface area contributed by atoms with E-state index in [2.05, 4.69) is 60.7 Å². The van der Waals surface area contributed by atoms with Crippen molar-refractivity contribution in [3.8, 4) is 11.1 Å². The number of halogens is 4. The Morgan fingerprint density at radius 3 is 2.26 bits per heavy atom. The van der Waals surface area contributed by atoms with Gasteiger partial charge >= 0.3 is 0 Å². The molecule has 2 heterocycles. The van der Waals surface area contributed by atoms with Crippen LogP contribution >= 0.6 is 10.5 Å². The second-order valence-electron chi connectivity index (χ2n) is 11.1. The summed E-state index contributed by atoms with van der Waals surface area (Å²) in [5, 5.41) is 3.41. The van der Waals surface area contributed by atoms with Crippen LogP contribution in [0.2, 0.25) is 0 Å². The molecule has 3 unspecified atom stereocenters. The first-order valence-corrected chi connectivity index (χ1v) is 15.1. The molecule has 0 amide bonds. The molecule has 4 N–H and O–H groups in total. The standard InChI is InChI=1S/C32H36F3N5S.CH3F/c1-21(39(25-11-15-41(5)20-25)19-22-10-13-38-30(16-22)32(2,3)4)31(40(37)14-12-36)26-8-6-23(17-28(26)34)24-7-9-27(33)29(35)18-24;1-2/h6-18,25,31H,1,5,19-20,36-37H2,2-4H3;1H3/b14-12-;. The Balaban J connectivity index is 0.00000248. The van der Waals surface area contributed by atoms with Gasteiger partial charge in [0.05, 0.1) is 13.2 Å². The highest BCUT2D eigenvalue weighted by molar-refractivity contribution is 8.16. The average molecular weight is 614 g/mol. The molecular formula is C33H39F4N5S. The van der Waals surface area contributed by atoms with Crippen LogP contribution in [0.5, 0.6) is 0 Å². The van der Waals surface area contributed by atoms with Crippen LogP contribution in [-0.4, -0.2) is 39.7 Å². The fourth-order valence-electron chi connectivity index (χ4n) is 4.80. The molecule has 3 atom stereocenters. The van der Waals surface area contributed by atoms with Gasteiger partial charge in [-0.05, 0) is 52.4 Å². The van der Waals surface area contributed by atoms with Crippen molar-refractivity contribution in [3.05, 3.63) is 125 Å². The first kappa shape index (κ1) is 33.6. The van der Waals surface area contributed by atoms with E-state index in [9.17, 15) is 13.2 Å². The normalized spacial score (nSPS) is 17.0. The van der Waals surface area contributed by atoms with Gasteiger partial charge < -0.3 is 15.6 Å². The van der Waals surface area contributed by atoms with Gasteiger partial charge in [-0.15, -0.1) is 0 Å². The van der Waals surface area contributed by atoms with E-state index in [0.717, 1.165) is 29.1 Å². The Labute approximate surface area is 254 Å². The quantitative estimate of drug-likeness (QED) is 0.115. The summed E-state index contributed by atoms with van der Waals surface area (Å²) in [5.41, 5.74) is 9.10. The molecule has 3 aromatic rings. The fourth-order valence-corrected chi connectivity index (χ4v) is 6.04. The molecular weight excluding hydrogens is 574 g/mol. The maximum atomic E-state index is 15.8. The predicted octanol–water partition coefficient (Wildman–Crippen LogP) is 7.31. The lowest BCUT2D eigenvalue weighted by molar-refractivity contribution is 0.216. The lowest BCUT2D eigenvalue weighted by atomic mass is 9.90. The number of alkyl halides is 1. The molecule has 0 radical (unpaired) electrons. The molecule has 0 saturated heterocycles. The molecule has 1 aliphatic rings. The third-order valence-electron chi connectivity index (χ3n) is 7.01. The van der Waals surface area contributed by atoms with Gasteiger partial charge in [-0.2, -0.15) is 10.5 Å². The Morgan fingerprint density at radius 2 is 1.70 bits per heavy atom. The monoisotopic (exact) mass is 613 g/mol. The molecule has 1 aromatic heterocycles. The average Bonchev–Trinajstić information content (AvgIpc) is 3.40. The topological polar surface area (TPSA) is 71.4 Å². The highest BCUT2D eigenvalue weighted by Gasteiger charge is 2.31. The summed E-state index contributed by atoms with van der Waals surface area (Å²) in [6, 6.07) is 11.2. The van der Waals surface area contributed by atoms with E-state index in [-0.39, 0.29) is 27.5 Å². The van der Waals surface area contributed by atoms with E-state index in [1.54, 1.807) is 18.3 Å². The fraction of sp³-hybridized carbons (Fsp3) is 0.273. The Morgan fingerprint density at radius 1 is 1.05 bits per heavy atom. The summed E-state index contributed by atoms with van der Waals surface area (Å²) in [7, 11) is 0.343. The summed E-state index contributed by atoms with van der Waals surface area (Å²) in [6.07, 6.45) is 6.64. The van der Waals surface area contributed by atoms with Crippen LogP contribution in [0, 0.1) is 17.5 Å². The van der Waals surface area contributed by atoms with Crippen molar-refractivity contribution in [1.29, 1.82) is 0 Å². The third kappa shape index (κ3) is 8.14. The van der Waals surface area contributed by atoms with Gasteiger partial charge in [-0.1, -0.05) is 57.5 Å². The highest BCUT2D eigenvalue weighted by Crippen LogP contribution is 2.37. The van der Waals surface area contributed by atoms with Gasteiger partial charge in [0.25, 0.3) is 0 Å². The molecule has 0 fully saturated rings. The molecule has 0 bridgehead atoms. The molecule has 5 nitrogen and oxygen atoms in total. The summed E-state index contributed by atoms with van der Waals surface area (Å²) in [5.74, 6) is 8.90. The van der Waals surface area contributed by atoms with Gasteiger partial charge in [0.1, 0.15) is 11.9 Å². The lowest BCUT2D eigenvalue weighted by Crippen LogP contribution is -2.41. The minimum Gasteiger partial charge on any atom is -0.403 e. The van der Waals surface area contributed by atoms with E-state index in [0.29, 0.717) is 30.5 Å². The number of pyridine rings is 1. The van der Waals surface area contributed by atoms with Crippen LogP contribution in [0.3, 0.4) is 0 Å². The molecule has 4 rings (SSSR count). The van der Waals surface area contributed by atoms with Gasteiger partial charge in [0.15, 0.2) is 11.6 Å². The number of hydrazine groups is 1. The van der Waals surface area contributed by atoms with Gasteiger partial charge in [0.2, 0.25) is 0 Å². The van der Waals surface area contributed by atoms with Crippen LogP contribution in [0.25, 0.3) is 11.1 Å². The van der Waals surface area contributed by atoms with Crippen molar-refractivity contribution in [2.24, 2.45) is 11.6 Å². The van der Waals surface area contributed by atoms with Crippen LogP contribution in [0.15, 0.2) is 90.9 Å². The largest absolute Gasteiger partial charge is 0.403 e. The van der Waals surface area contributed by atoms with E-state index >= 15 is 4.39 Å². The van der Waals surface area contributed by atoms with Gasteiger partial charge in [-0.25, -0.2) is 19.0 Å². The van der Waals surface area contributed by atoms with Crippen molar-refractivity contribution >= 4 is 16.4 Å². The zero-order valence-electron chi connectivity index (χ0n) is 24.9. The summed E-state index contributed by atoms with van der Waals surface area (Å²) >= 11 is 0. The third-order valence-corrected chi connectivity index (χ3v) is 8.32. The maximum absolute atomic E-state index is 15.8. The molecule has 0 aliphatic carbocycles. The Kier molecular flexibility index (Phi) is 11.4. The van der Waals surface area contributed by atoms with Crippen LogP contribution < -0.4 is 11.6 Å². The second kappa shape index (κ2) is 14.5. The first-order chi connectivity index (χ1) is 20.4. The number of nitrogens with zero attached hydrogens (tertiary/aromatic N) is 3. The van der Waals surface area contributed by atoms with Crippen molar-refractivity contribution in [2.45, 2.75) is 44.8 Å². The zero-order chi connectivity index (χ0) is 31.9. The summed E-state index contributed by atoms with van der Waals surface area (Å²) < 4.78 is 52.7. The lowest BCUT2D eigenvalue weighted by Gasteiger charge is -2.39. The van der Waals surface area contributed by atoms with Crippen LogP contribution in [0.1, 0.15) is 43.6 Å². The SMILES string of the molecule is C=C(C(c1ccc(-c2ccc(F)c(F)c2)cc1F)N(N)/C=C\N)N(Cc1ccnc(C(C)(C)C)c1)C1C=CS(=C)C1.CF. The molecule has 43 heavy (non-hydrogen) atoms. The molecule has 0 spiro atoms.